The summed E-state index contributed by atoms with van der Waals surface area (Å²) in [6.07, 6.45) is 0. The van der Waals surface area contributed by atoms with Gasteiger partial charge in [0.2, 0.25) is 0 Å². The van der Waals surface area contributed by atoms with Gasteiger partial charge in [0.05, 0.1) is 5.39 Å². The molecule has 0 atom stereocenters. The van der Waals surface area contributed by atoms with Crippen LogP contribution in [-0.2, 0) is 0 Å². The van der Waals surface area contributed by atoms with Crippen LogP contribution in [0.3, 0.4) is 0 Å². The third-order valence-corrected chi connectivity index (χ3v) is 7.58. The number of ether oxygens (including phenoxy) is 2. The van der Waals surface area contributed by atoms with Crippen LogP contribution in [0.4, 0.5) is 0 Å². The second-order valence-electron chi connectivity index (χ2n) is 7.37. The standard InChI is InChI=1S/C23H17N3O3S2/c1-12-13(2)30-22-19(12)23(27)26-20(24-22)15-5-3-4-6-16(15)21(25-26)31-14-7-8-17-18(11-14)29-10-9-28-17/h3-8,11H,9-10H2,1-2H3. The lowest BCUT2D eigenvalue weighted by Gasteiger charge is -2.18. The number of hydrogen-bond donors (Lipinski definition) is 0. The van der Waals surface area contributed by atoms with Crippen LogP contribution in [0.25, 0.3) is 26.6 Å². The van der Waals surface area contributed by atoms with Gasteiger partial charge >= 0.3 is 0 Å². The van der Waals surface area contributed by atoms with Gasteiger partial charge in [-0.3, -0.25) is 4.79 Å². The number of fused-ring (bicyclic) bond motifs is 5. The molecule has 0 saturated carbocycles. The molecule has 154 valence electrons. The summed E-state index contributed by atoms with van der Waals surface area (Å²) in [5.74, 6) is 1.48. The van der Waals surface area contributed by atoms with Crippen LogP contribution in [0.15, 0.2) is 57.2 Å². The maximum atomic E-state index is 13.4. The summed E-state index contributed by atoms with van der Waals surface area (Å²) >= 11 is 3.05. The van der Waals surface area contributed by atoms with Gasteiger partial charge in [-0.05, 0) is 37.6 Å². The van der Waals surface area contributed by atoms with E-state index in [9.17, 15) is 4.79 Å². The number of aromatic nitrogens is 3. The number of thiophene rings is 1. The van der Waals surface area contributed by atoms with E-state index in [1.54, 1.807) is 11.3 Å². The summed E-state index contributed by atoms with van der Waals surface area (Å²) in [5.41, 5.74) is 1.43. The highest BCUT2D eigenvalue weighted by Crippen LogP contribution is 2.38. The molecule has 8 heteroatoms. The second-order valence-corrected chi connectivity index (χ2v) is 9.64. The molecule has 2 aromatic carbocycles. The van der Waals surface area contributed by atoms with Crippen molar-refractivity contribution in [3.05, 3.63) is 63.3 Å². The molecule has 1 aliphatic heterocycles. The SMILES string of the molecule is Cc1sc2nc3c4ccccc4c(Sc4ccc5c(c4)OCCO5)nn3c(=O)c2c1C. The Balaban J connectivity index is 1.60. The van der Waals surface area contributed by atoms with Crippen molar-refractivity contribution in [3.8, 4) is 11.5 Å². The molecule has 6 nitrogen and oxygen atoms in total. The second kappa shape index (κ2) is 6.96. The molecule has 0 N–H and O–H groups in total. The molecule has 0 aliphatic carbocycles. The van der Waals surface area contributed by atoms with Gasteiger partial charge in [-0.2, -0.15) is 9.61 Å². The predicted molar refractivity (Wildman–Crippen MR) is 123 cm³/mol. The van der Waals surface area contributed by atoms with E-state index in [4.69, 9.17) is 19.6 Å². The van der Waals surface area contributed by atoms with E-state index in [-0.39, 0.29) is 5.56 Å². The minimum atomic E-state index is -0.128. The maximum Gasteiger partial charge on any atom is 0.283 e. The van der Waals surface area contributed by atoms with Gasteiger partial charge in [-0.15, -0.1) is 11.3 Å². The first kappa shape index (κ1) is 18.7. The molecule has 31 heavy (non-hydrogen) atoms. The number of hydrogen-bond acceptors (Lipinski definition) is 7. The first-order chi connectivity index (χ1) is 15.1. The van der Waals surface area contributed by atoms with Crippen molar-refractivity contribution >= 4 is 49.7 Å². The first-order valence-electron chi connectivity index (χ1n) is 9.89. The van der Waals surface area contributed by atoms with Crippen molar-refractivity contribution in [2.75, 3.05) is 13.2 Å². The molecular formula is C23H17N3O3S2. The molecule has 6 rings (SSSR count). The molecule has 0 amide bonds. The van der Waals surface area contributed by atoms with Crippen LogP contribution in [0.2, 0.25) is 0 Å². The van der Waals surface area contributed by atoms with Crippen molar-refractivity contribution in [2.24, 2.45) is 0 Å². The van der Waals surface area contributed by atoms with Crippen LogP contribution in [-0.4, -0.2) is 27.8 Å². The fourth-order valence-electron chi connectivity index (χ4n) is 3.84. The van der Waals surface area contributed by atoms with Crippen molar-refractivity contribution in [3.63, 3.8) is 0 Å². The minimum absolute atomic E-state index is 0.128. The van der Waals surface area contributed by atoms with Crippen molar-refractivity contribution in [1.82, 2.24) is 14.6 Å². The molecule has 0 radical (unpaired) electrons. The Morgan fingerprint density at radius 3 is 2.65 bits per heavy atom. The minimum Gasteiger partial charge on any atom is -0.486 e. The number of rotatable bonds is 2. The fourth-order valence-corrected chi connectivity index (χ4v) is 5.79. The highest BCUT2D eigenvalue weighted by atomic mass is 32.2. The third kappa shape index (κ3) is 2.90. The summed E-state index contributed by atoms with van der Waals surface area (Å²) in [6.45, 7) is 5.08. The highest BCUT2D eigenvalue weighted by Gasteiger charge is 2.18. The van der Waals surface area contributed by atoms with Gasteiger partial charge in [0, 0.05) is 20.5 Å². The lowest BCUT2D eigenvalue weighted by Crippen LogP contribution is -2.18. The van der Waals surface area contributed by atoms with Gasteiger partial charge < -0.3 is 9.47 Å². The van der Waals surface area contributed by atoms with Gasteiger partial charge in [0.1, 0.15) is 23.1 Å². The van der Waals surface area contributed by atoms with E-state index in [2.05, 4.69) is 0 Å². The zero-order chi connectivity index (χ0) is 21.1. The van der Waals surface area contributed by atoms with E-state index in [1.807, 2.05) is 56.3 Å². The summed E-state index contributed by atoms with van der Waals surface area (Å²) in [4.78, 5) is 21.0. The highest BCUT2D eigenvalue weighted by molar-refractivity contribution is 7.99. The Labute approximate surface area is 185 Å². The molecule has 4 heterocycles. The lowest BCUT2D eigenvalue weighted by atomic mass is 10.2. The van der Waals surface area contributed by atoms with Gasteiger partial charge in [0.25, 0.3) is 5.56 Å². The van der Waals surface area contributed by atoms with Crippen molar-refractivity contribution in [1.29, 1.82) is 0 Å². The van der Waals surface area contributed by atoms with E-state index in [0.717, 1.165) is 47.5 Å². The molecule has 3 aromatic heterocycles. The fraction of sp³-hybridized carbons (Fsp3) is 0.174. The Morgan fingerprint density at radius 1 is 1.03 bits per heavy atom. The zero-order valence-corrected chi connectivity index (χ0v) is 18.5. The number of aryl methyl sites for hydroxylation is 2. The number of nitrogens with zero attached hydrogens (tertiary/aromatic N) is 3. The molecule has 0 spiro atoms. The molecule has 1 aliphatic rings. The Hall–Kier alpha value is -3.10. The third-order valence-electron chi connectivity index (χ3n) is 5.50. The van der Waals surface area contributed by atoms with Crippen molar-refractivity contribution in [2.45, 2.75) is 23.8 Å². The molecule has 0 bridgehead atoms. The molecular weight excluding hydrogens is 430 g/mol. The summed E-state index contributed by atoms with van der Waals surface area (Å²) in [6, 6.07) is 13.8. The van der Waals surface area contributed by atoms with E-state index >= 15 is 0 Å². The average molecular weight is 448 g/mol. The largest absolute Gasteiger partial charge is 0.486 e. The monoisotopic (exact) mass is 447 g/mol. The summed E-state index contributed by atoms with van der Waals surface area (Å²) in [7, 11) is 0. The first-order valence-corrected chi connectivity index (χ1v) is 11.5. The van der Waals surface area contributed by atoms with E-state index in [0.29, 0.717) is 24.2 Å². The maximum absolute atomic E-state index is 13.4. The molecule has 0 fully saturated rings. The molecule has 5 aromatic rings. The van der Waals surface area contributed by atoms with Crippen LogP contribution >= 0.6 is 23.1 Å². The van der Waals surface area contributed by atoms with E-state index < -0.39 is 0 Å². The van der Waals surface area contributed by atoms with E-state index in [1.165, 1.54) is 16.3 Å². The van der Waals surface area contributed by atoms with Crippen LogP contribution < -0.4 is 15.0 Å². The Morgan fingerprint density at radius 2 is 1.81 bits per heavy atom. The number of benzene rings is 2. The van der Waals surface area contributed by atoms with Crippen molar-refractivity contribution < 1.29 is 9.47 Å². The summed E-state index contributed by atoms with van der Waals surface area (Å²) < 4.78 is 12.8. The normalized spacial score (nSPS) is 13.4. The lowest BCUT2D eigenvalue weighted by molar-refractivity contribution is 0.171. The Kier molecular flexibility index (Phi) is 4.19. The Bertz CT molecular complexity index is 1570. The summed E-state index contributed by atoms with van der Waals surface area (Å²) in [5, 5.41) is 8.00. The topological polar surface area (TPSA) is 65.7 Å². The quantitative estimate of drug-likeness (QED) is 0.355. The van der Waals surface area contributed by atoms with Crippen LogP contribution in [0, 0.1) is 13.8 Å². The van der Waals surface area contributed by atoms with Gasteiger partial charge in [-0.1, -0.05) is 36.0 Å². The molecule has 0 saturated heterocycles. The van der Waals surface area contributed by atoms with Gasteiger partial charge in [0.15, 0.2) is 17.1 Å². The molecule has 0 unspecified atom stereocenters. The van der Waals surface area contributed by atoms with Gasteiger partial charge in [-0.25, -0.2) is 4.98 Å². The van der Waals surface area contributed by atoms with Crippen LogP contribution in [0.5, 0.6) is 11.5 Å². The predicted octanol–water partition coefficient (Wildman–Crippen LogP) is 5.00. The zero-order valence-electron chi connectivity index (χ0n) is 16.8. The average Bonchev–Trinajstić information content (AvgIpc) is 3.08. The smallest absolute Gasteiger partial charge is 0.283 e. The van der Waals surface area contributed by atoms with Crippen LogP contribution in [0.1, 0.15) is 10.4 Å².